The predicted octanol–water partition coefficient (Wildman–Crippen LogP) is 2.04. The Morgan fingerprint density at radius 1 is 1.06 bits per heavy atom. The van der Waals surface area contributed by atoms with E-state index in [9.17, 15) is 0 Å². The third-order valence-electron chi connectivity index (χ3n) is 2.74. The van der Waals surface area contributed by atoms with Crippen LogP contribution in [0.4, 0.5) is 0 Å². The number of benzene rings is 1. The summed E-state index contributed by atoms with van der Waals surface area (Å²) in [5.74, 6) is 0.839. The van der Waals surface area contributed by atoms with Gasteiger partial charge in [-0.15, -0.1) is 0 Å². The molecule has 0 aliphatic carbocycles. The van der Waals surface area contributed by atoms with E-state index in [0.29, 0.717) is 6.54 Å². The minimum absolute atomic E-state index is 0.682. The van der Waals surface area contributed by atoms with Gasteiger partial charge in [-0.25, -0.2) is 0 Å². The van der Waals surface area contributed by atoms with Gasteiger partial charge in [0.1, 0.15) is 5.75 Å². The number of rotatable bonds is 5. The van der Waals surface area contributed by atoms with Gasteiger partial charge in [0.2, 0.25) is 0 Å². The molecular formula is C14H17N3O. The van der Waals surface area contributed by atoms with Crippen molar-refractivity contribution in [3.63, 3.8) is 0 Å². The van der Waals surface area contributed by atoms with Crippen molar-refractivity contribution in [3.8, 4) is 17.0 Å². The molecular weight excluding hydrogens is 226 g/mol. The highest BCUT2D eigenvalue weighted by Gasteiger charge is 2.01. The van der Waals surface area contributed by atoms with Gasteiger partial charge in [0, 0.05) is 5.56 Å². The lowest BCUT2D eigenvalue weighted by molar-refractivity contribution is 0.415. The smallest absolute Gasteiger partial charge is 0.118 e. The molecule has 0 saturated heterocycles. The molecule has 94 valence electrons. The average molecular weight is 243 g/mol. The third kappa shape index (κ3) is 3.05. The minimum Gasteiger partial charge on any atom is -0.497 e. The van der Waals surface area contributed by atoms with Crippen LogP contribution in [0.1, 0.15) is 12.1 Å². The van der Waals surface area contributed by atoms with Gasteiger partial charge in [-0.2, -0.15) is 10.2 Å². The number of hydrogen-bond acceptors (Lipinski definition) is 4. The molecule has 0 spiro atoms. The fraction of sp³-hybridized carbons (Fsp3) is 0.286. The molecule has 0 bridgehead atoms. The van der Waals surface area contributed by atoms with Gasteiger partial charge >= 0.3 is 0 Å². The van der Waals surface area contributed by atoms with Crippen molar-refractivity contribution in [2.24, 2.45) is 5.73 Å². The topological polar surface area (TPSA) is 61.0 Å². The van der Waals surface area contributed by atoms with Crippen molar-refractivity contribution in [3.05, 3.63) is 42.1 Å². The largest absolute Gasteiger partial charge is 0.497 e. The first-order valence-corrected chi connectivity index (χ1v) is 6.00. The van der Waals surface area contributed by atoms with Gasteiger partial charge < -0.3 is 10.5 Å². The quantitative estimate of drug-likeness (QED) is 0.873. The lowest BCUT2D eigenvalue weighted by Crippen LogP contribution is -2.02. The van der Waals surface area contributed by atoms with Crippen LogP contribution in [0, 0.1) is 0 Å². The van der Waals surface area contributed by atoms with Gasteiger partial charge in [-0.1, -0.05) is 0 Å². The van der Waals surface area contributed by atoms with Crippen molar-refractivity contribution < 1.29 is 4.74 Å². The van der Waals surface area contributed by atoms with Gasteiger partial charge in [-0.05, 0) is 55.8 Å². The van der Waals surface area contributed by atoms with Crippen LogP contribution in [0.2, 0.25) is 0 Å². The summed E-state index contributed by atoms with van der Waals surface area (Å²) >= 11 is 0. The first-order chi connectivity index (χ1) is 8.83. The van der Waals surface area contributed by atoms with Gasteiger partial charge in [0.15, 0.2) is 0 Å². The van der Waals surface area contributed by atoms with Crippen molar-refractivity contribution in [2.45, 2.75) is 12.8 Å². The molecule has 2 aromatic rings. The summed E-state index contributed by atoms with van der Waals surface area (Å²) in [5, 5.41) is 8.42. The van der Waals surface area contributed by atoms with Crippen LogP contribution in [0.5, 0.6) is 5.75 Å². The van der Waals surface area contributed by atoms with E-state index in [-0.39, 0.29) is 0 Å². The van der Waals surface area contributed by atoms with E-state index in [1.807, 2.05) is 36.4 Å². The van der Waals surface area contributed by atoms with E-state index in [1.54, 1.807) is 7.11 Å². The molecule has 0 fully saturated rings. The second-order valence-electron chi connectivity index (χ2n) is 4.03. The summed E-state index contributed by atoms with van der Waals surface area (Å²) in [6.45, 7) is 0.682. The Morgan fingerprint density at radius 3 is 2.39 bits per heavy atom. The minimum atomic E-state index is 0.682. The summed E-state index contributed by atoms with van der Waals surface area (Å²) in [6.07, 6.45) is 1.82. The molecule has 1 aromatic heterocycles. The Bertz CT molecular complexity index is 479. The highest BCUT2D eigenvalue weighted by atomic mass is 16.5. The van der Waals surface area contributed by atoms with Crippen molar-refractivity contribution >= 4 is 0 Å². The Kier molecular flexibility index (Phi) is 4.25. The van der Waals surface area contributed by atoms with Crippen LogP contribution in [-0.2, 0) is 6.42 Å². The van der Waals surface area contributed by atoms with E-state index in [0.717, 1.165) is 35.5 Å². The maximum Gasteiger partial charge on any atom is 0.118 e. The van der Waals surface area contributed by atoms with Crippen LogP contribution in [0.15, 0.2) is 36.4 Å². The normalized spacial score (nSPS) is 10.3. The molecule has 0 aliphatic heterocycles. The molecule has 18 heavy (non-hydrogen) atoms. The number of methoxy groups -OCH3 is 1. The number of aromatic nitrogens is 2. The summed E-state index contributed by atoms with van der Waals surface area (Å²) in [6, 6.07) is 11.8. The Hall–Kier alpha value is -1.94. The fourth-order valence-corrected chi connectivity index (χ4v) is 1.69. The van der Waals surface area contributed by atoms with Gasteiger partial charge in [-0.3, -0.25) is 0 Å². The predicted molar refractivity (Wildman–Crippen MR) is 71.4 cm³/mol. The van der Waals surface area contributed by atoms with Crippen LogP contribution in [0.3, 0.4) is 0 Å². The molecule has 2 N–H and O–H groups in total. The summed E-state index contributed by atoms with van der Waals surface area (Å²) in [5.41, 5.74) is 8.35. The zero-order chi connectivity index (χ0) is 12.8. The van der Waals surface area contributed by atoms with E-state index in [4.69, 9.17) is 10.5 Å². The number of nitrogens with two attached hydrogens (primary N) is 1. The second-order valence-corrected chi connectivity index (χ2v) is 4.03. The number of hydrogen-bond donors (Lipinski definition) is 1. The highest BCUT2D eigenvalue weighted by Crippen LogP contribution is 2.20. The van der Waals surface area contributed by atoms with Crippen molar-refractivity contribution in [1.82, 2.24) is 10.2 Å². The van der Waals surface area contributed by atoms with E-state index in [2.05, 4.69) is 10.2 Å². The molecule has 4 heteroatoms. The monoisotopic (exact) mass is 243 g/mol. The zero-order valence-electron chi connectivity index (χ0n) is 10.5. The molecule has 0 unspecified atom stereocenters. The lowest BCUT2D eigenvalue weighted by Gasteiger charge is -2.03. The van der Waals surface area contributed by atoms with E-state index < -0.39 is 0 Å². The number of ether oxygens (including phenoxy) is 1. The summed E-state index contributed by atoms with van der Waals surface area (Å²) in [4.78, 5) is 0. The number of aryl methyl sites for hydroxylation is 1. The SMILES string of the molecule is COc1ccc(-c2ccc(CCCN)nn2)cc1. The average Bonchev–Trinajstić information content (AvgIpc) is 2.46. The Morgan fingerprint density at radius 2 is 1.83 bits per heavy atom. The van der Waals surface area contributed by atoms with Gasteiger partial charge in [0.05, 0.1) is 18.5 Å². The maximum absolute atomic E-state index is 5.46. The summed E-state index contributed by atoms with van der Waals surface area (Å²) in [7, 11) is 1.65. The van der Waals surface area contributed by atoms with Crippen LogP contribution in [-0.4, -0.2) is 23.9 Å². The molecule has 2 rings (SSSR count). The van der Waals surface area contributed by atoms with Gasteiger partial charge in [0.25, 0.3) is 0 Å². The molecule has 1 aromatic carbocycles. The van der Waals surface area contributed by atoms with Crippen LogP contribution in [0.25, 0.3) is 11.3 Å². The molecule has 0 aliphatic rings. The maximum atomic E-state index is 5.46. The molecule has 1 heterocycles. The number of nitrogens with zero attached hydrogens (tertiary/aromatic N) is 2. The Balaban J connectivity index is 2.12. The Labute approximate surface area is 107 Å². The molecule has 0 atom stereocenters. The van der Waals surface area contributed by atoms with E-state index in [1.165, 1.54) is 0 Å². The summed E-state index contributed by atoms with van der Waals surface area (Å²) < 4.78 is 5.12. The van der Waals surface area contributed by atoms with Crippen LogP contribution < -0.4 is 10.5 Å². The third-order valence-corrected chi connectivity index (χ3v) is 2.74. The molecule has 0 saturated carbocycles. The fourth-order valence-electron chi connectivity index (χ4n) is 1.69. The molecule has 0 radical (unpaired) electrons. The molecule has 0 amide bonds. The van der Waals surface area contributed by atoms with Crippen molar-refractivity contribution in [2.75, 3.05) is 13.7 Å². The standard InChI is InChI=1S/C14H17N3O/c1-18-13-7-4-11(5-8-13)14-9-6-12(16-17-14)3-2-10-15/h4-9H,2-3,10,15H2,1H3. The van der Waals surface area contributed by atoms with Crippen LogP contribution >= 0.6 is 0 Å². The first-order valence-electron chi connectivity index (χ1n) is 6.00. The van der Waals surface area contributed by atoms with Crippen molar-refractivity contribution in [1.29, 1.82) is 0 Å². The van der Waals surface area contributed by atoms with E-state index >= 15 is 0 Å². The first kappa shape index (κ1) is 12.5. The molecule has 4 nitrogen and oxygen atoms in total. The highest BCUT2D eigenvalue weighted by molar-refractivity contribution is 5.59. The lowest BCUT2D eigenvalue weighted by atomic mass is 10.1. The second kappa shape index (κ2) is 6.12. The zero-order valence-corrected chi connectivity index (χ0v) is 10.5.